The van der Waals surface area contributed by atoms with Crippen molar-refractivity contribution >= 4 is 28.7 Å². The molecule has 0 unspecified atom stereocenters. The Morgan fingerprint density at radius 2 is 1.67 bits per heavy atom. The monoisotopic (exact) mass is 365 g/mol. The van der Waals surface area contributed by atoms with Gasteiger partial charge in [0.15, 0.2) is 11.5 Å². The van der Waals surface area contributed by atoms with E-state index < -0.39 is 0 Å². The lowest BCUT2D eigenvalue weighted by Crippen LogP contribution is -2.03. The first-order chi connectivity index (χ1) is 12.9. The Balaban J connectivity index is 2.25. The summed E-state index contributed by atoms with van der Waals surface area (Å²) in [4.78, 5) is 10.4. The highest BCUT2D eigenvalue weighted by Gasteiger charge is 2.12. The number of anilines is 2. The number of nitrogens with two attached hydrogens (primary N) is 2. The van der Waals surface area contributed by atoms with Crippen LogP contribution in [0.15, 0.2) is 36.5 Å². The van der Waals surface area contributed by atoms with Gasteiger partial charge in [0, 0.05) is 19.5 Å². The van der Waals surface area contributed by atoms with Crippen molar-refractivity contribution in [3.63, 3.8) is 0 Å². The van der Waals surface area contributed by atoms with Crippen LogP contribution in [0.4, 0.5) is 11.8 Å². The molecule has 0 fully saturated rings. The smallest absolute Gasteiger partial charge is 0.222 e. The number of nitrogens with zero attached hydrogens (tertiary/aromatic N) is 3. The van der Waals surface area contributed by atoms with E-state index in [0.717, 1.165) is 22.1 Å². The molecule has 7 nitrogen and oxygen atoms in total. The van der Waals surface area contributed by atoms with E-state index in [9.17, 15) is 0 Å². The SMILES string of the molecule is COc1ccc(-c2cc(/C=C\N(C)C)c3c(N)nc(N)nc3c2)cc1OC. The predicted molar refractivity (Wildman–Crippen MR) is 110 cm³/mol. The average molecular weight is 365 g/mol. The third-order valence-electron chi connectivity index (χ3n) is 4.14. The van der Waals surface area contributed by atoms with E-state index in [-0.39, 0.29) is 5.95 Å². The number of hydrogen-bond acceptors (Lipinski definition) is 7. The maximum atomic E-state index is 6.12. The van der Waals surface area contributed by atoms with Gasteiger partial charge in [-0.25, -0.2) is 4.98 Å². The summed E-state index contributed by atoms with van der Waals surface area (Å²) < 4.78 is 10.7. The lowest BCUT2D eigenvalue weighted by molar-refractivity contribution is 0.355. The minimum absolute atomic E-state index is 0.145. The standard InChI is InChI=1S/C20H23N5O2/c1-25(2)8-7-13-9-14(10-15-18(13)19(21)24-20(22)23-15)12-5-6-16(26-3)17(11-12)27-4/h5-11H,1-4H3,(H4,21,22,23,24)/b8-7-. The first kappa shape index (κ1) is 18.3. The van der Waals surface area contributed by atoms with E-state index in [0.29, 0.717) is 22.8 Å². The largest absolute Gasteiger partial charge is 0.493 e. The molecule has 27 heavy (non-hydrogen) atoms. The molecular formula is C20H23N5O2. The molecule has 3 rings (SSSR count). The van der Waals surface area contributed by atoms with Crippen LogP contribution in [0.3, 0.4) is 0 Å². The molecule has 140 valence electrons. The Kier molecular flexibility index (Phi) is 5.03. The maximum Gasteiger partial charge on any atom is 0.222 e. The maximum absolute atomic E-state index is 6.12. The Morgan fingerprint density at radius 1 is 0.926 bits per heavy atom. The van der Waals surface area contributed by atoms with Gasteiger partial charge in [-0.3, -0.25) is 0 Å². The molecule has 0 spiro atoms. The fourth-order valence-corrected chi connectivity index (χ4v) is 2.89. The van der Waals surface area contributed by atoms with E-state index in [1.807, 2.05) is 61.6 Å². The molecule has 0 aliphatic carbocycles. The molecule has 0 atom stereocenters. The number of fused-ring (bicyclic) bond motifs is 1. The molecule has 7 heteroatoms. The molecule has 1 heterocycles. The first-order valence-electron chi connectivity index (χ1n) is 8.36. The molecule has 4 N–H and O–H groups in total. The lowest BCUT2D eigenvalue weighted by atomic mass is 9.99. The third kappa shape index (κ3) is 3.72. The van der Waals surface area contributed by atoms with Crippen LogP contribution in [0.2, 0.25) is 0 Å². The summed E-state index contributed by atoms with van der Waals surface area (Å²) in [6.45, 7) is 0. The molecule has 0 amide bonds. The van der Waals surface area contributed by atoms with Gasteiger partial charge in [-0.1, -0.05) is 6.07 Å². The van der Waals surface area contributed by atoms with Crippen LogP contribution >= 0.6 is 0 Å². The second-order valence-corrected chi connectivity index (χ2v) is 6.28. The lowest BCUT2D eigenvalue weighted by Gasteiger charge is -2.13. The third-order valence-corrected chi connectivity index (χ3v) is 4.14. The van der Waals surface area contributed by atoms with Crippen LogP contribution in [0, 0.1) is 0 Å². The Hall–Kier alpha value is -3.48. The summed E-state index contributed by atoms with van der Waals surface area (Å²) >= 11 is 0. The van der Waals surface area contributed by atoms with E-state index in [2.05, 4.69) is 9.97 Å². The molecule has 0 aliphatic rings. The zero-order chi connectivity index (χ0) is 19.6. The quantitative estimate of drug-likeness (QED) is 0.717. The van der Waals surface area contributed by atoms with Crippen molar-refractivity contribution in [1.29, 1.82) is 0 Å². The minimum atomic E-state index is 0.145. The normalized spacial score (nSPS) is 11.1. The highest BCUT2D eigenvalue weighted by atomic mass is 16.5. The molecule has 0 bridgehead atoms. The zero-order valence-electron chi connectivity index (χ0n) is 15.9. The molecule has 0 saturated carbocycles. The van der Waals surface area contributed by atoms with Crippen LogP contribution in [0.1, 0.15) is 5.56 Å². The minimum Gasteiger partial charge on any atom is -0.493 e. The number of ether oxygens (including phenoxy) is 2. The van der Waals surface area contributed by atoms with E-state index in [4.69, 9.17) is 20.9 Å². The first-order valence-corrected chi connectivity index (χ1v) is 8.36. The fourth-order valence-electron chi connectivity index (χ4n) is 2.89. The van der Waals surface area contributed by atoms with Gasteiger partial charge in [0.1, 0.15) is 5.82 Å². The summed E-state index contributed by atoms with van der Waals surface area (Å²) in [5, 5.41) is 0.770. The van der Waals surface area contributed by atoms with E-state index in [1.54, 1.807) is 14.2 Å². The molecule has 2 aromatic carbocycles. The van der Waals surface area contributed by atoms with Crippen molar-refractivity contribution < 1.29 is 9.47 Å². The topological polar surface area (TPSA) is 99.5 Å². The van der Waals surface area contributed by atoms with Gasteiger partial charge in [-0.2, -0.15) is 4.98 Å². The summed E-state index contributed by atoms with van der Waals surface area (Å²) in [6.07, 6.45) is 3.92. The second kappa shape index (κ2) is 7.41. The number of methoxy groups -OCH3 is 2. The molecule has 0 radical (unpaired) electrons. The van der Waals surface area contributed by atoms with Gasteiger partial charge >= 0.3 is 0 Å². The average Bonchev–Trinajstić information content (AvgIpc) is 2.64. The van der Waals surface area contributed by atoms with Crippen LogP contribution < -0.4 is 20.9 Å². The molecular weight excluding hydrogens is 342 g/mol. The zero-order valence-corrected chi connectivity index (χ0v) is 15.9. The van der Waals surface area contributed by atoms with Crippen molar-refractivity contribution in [3.05, 3.63) is 42.1 Å². The molecule has 0 aliphatic heterocycles. The Labute approximate surface area is 158 Å². The van der Waals surface area contributed by atoms with Crippen LogP contribution in [0.25, 0.3) is 28.1 Å². The van der Waals surface area contributed by atoms with Gasteiger partial charge in [0.05, 0.1) is 19.7 Å². The number of aromatic nitrogens is 2. The van der Waals surface area contributed by atoms with Crippen LogP contribution in [-0.2, 0) is 0 Å². The molecule has 0 saturated heterocycles. The summed E-state index contributed by atoms with van der Waals surface area (Å²) in [6, 6.07) is 9.75. The summed E-state index contributed by atoms with van der Waals surface area (Å²) in [5.74, 6) is 1.83. The Morgan fingerprint density at radius 3 is 2.33 bits per heavy atom. The summed E-state index contributed by atoms with van der Waals surface area (Å²) in [7, 11) is 7.13. The second-order valence-electron chi connectivity index (χ2n) is 6.28. The van der Waals surface area contributed by atoms with Crippen molar-refractivity contribution in [2.24, 2.45) is 0 Å². The fraction of sp³-hybridized carbons (Fsp3) is 0.200. The van der Waals surface area contributed by atoms with Crippen LogP contribution in [-0.4, -0.2) is 43.2 Å². The summed E-state index contributed by atoms with van der Waals surface area (Å²) in [5.41, 5.74) is 15.4. The highest BCUT2D eigenvalue weighted by Crippen LogP contribution is 2.35. The number of nitrogen functional groups attached to an aromatic ring is 2. The highest BCUT2D eigenvalue weighted by molar-refractivity contribution is 5.99. The van der Waals surface area contributed by atoms with Crippen molar-refractivity contribution in [2.45, 2.75) is 0 Å². The number of hydrogen-bond donors (Lipinski definition) is 2. The molecule has 1 aromatic heterocycles. The molecule has 3 aromatic rings. The van der Waals surface area contributed by atoms with Gasteiger partial charge in [-0.15, -0.1) is 0 Å². The van der Waals surface area contributed by atoms with Gasteiger partial charge < -0.3 is 25.8 Å². The van der Waals surface area contributed by atoms with Crippen molar-refractivity contribution in [3.8, 4) is 22.6 Å². The van der Waals surface area contributed by atoms with Crippen molar-refractivity contribution in [2.75, 3.05) is 39.8 Å². The number of benzene rings is 2. The van der Waals surface area contributed by atoms with Crippen molar-refractivity contribution in [1.82, 2.24) is 14.9 Å². The van der Waals surface area contributed by atoms with Gasteiger partial charge in [0.25, 0.3) is 0 Å². The van der Waals surface area contributed by atoms with E-state index >= 15 is 0 Å². The van der Waals surface area contributed by atoms with Gasteiger partial charge in [0.2, 0.25) is 5.95 Å². The number of rotatable bonds is 5. The van der Waals surface area contributed by atoms with E-state index in [1.165, 1.54) is 0 Å². The van der Waals surface area contributed by atoms with Gasteiger partial charge in [-0.05, 0) is 53.2 Å². The predicted octanol–water partition coefficient (Wildman–Crippen LogP) is 3.01. The Bertz CT molecular complexity index is 1010. The van der Waals surface area contributed by atoms with Crippen LogP contribution in [0.5, 0.6) is 11.5 Å².